The predicted octanol–water partition coefficient (Wildman–Crippen LogP) is 5.97. The molecule has 0 atom stereocenters. The molecule has 0 saturated carbocycles. The van der Waals surface area contributed by atoms with Crippen LogP contribution in [0.3, 0.4) is 0 Å². The lowest BCUT2D eigenvalue weighted by Crippen LogP contribution is -2.53. The van der Waals surface area contributed by atoms with Crippen LogP contribution in [0.2, 0.25) is 0 Å². The molecule has 4 aromatic rings. The zero-order chi connectivity index (χ0) is 22.0. The summed E-state index contributed by atoms with van der Waals surface area (Å²) in [5.41, 5.74) is 4.40. The summed E-state index contributed by atoms with van der Waals surface area (Å²) in [5, 5.41) is 0. The number of ether oxygens (including phenoxy) is 1. The Labute approximate surface area is 188 Å². The maximum atomic E-state index is 13.8. The molecule has 0 radical (unpaired) electrons. The molecule has 1 aliphatic heterocycles. The normalized spacial score (nSPS) is 13.5. The van der Waals surface area contributed by atoms with Crippen molar-refractivity contribution in [2.75, 3.05) is 12.0 Å². The first-order chi connectivity index (χ1) is 15.7. The van der Waals surface area contributed by atoms with Crippen LogP contribution in [0.5, 0.6) is 5.75 Å². The summed E-state index contributed by atoms with van der Waals surface area (Å²) in [6.45, 7) is 0. The molecule has 3 nitrogen and oxygen atoms in total. The van der Waals surface area contributed by atoms with Crippen LogP contribution in [0.15, 0.2) is 109 Å². The highest BCUT2D eigenvalue weighted by atomic mass is 16.5. The van der Waals surface area contributed by atoms with Crippen LogP contribution in [-0.4, -0.2) is 13.0 Å². The van der Waals surface area contributed by atoms with Gasteiger partial charge in [-0.05, 0) is 46.9 Å². The number of carbonyl (C=O) groups is 1. The van der Waals surface area contributed by atoms with Gasteiger partial charge in [0.05, 0.1) is 7.11 Å². The predicted molar refractivity (Wildman–Crippen MR) is 128 cm³/mol. The van der Waals surface area contributed by atoms with Gasteiger partial charge >= 0.3 is 0 Å². The Morgan fingerprint density at radius 3 is 1.66 bits per heavy atom. The van der Waals surface area contributed by atoms with E-state index in [1.807, 2.05) is 71.6 Å². The van der Waals surface area contributed by atoms with E-state index in [4.69, 9.17) is 4.74 Å². The Hall–Kier alpha value is -3.85. The number of nitrogens with zero attached hydrogens (tertiary/aromatic N) is 1. The van der Waals surface area contributed by atoms with Crippen LogP contribution >= 0.6 is 0 Å². The molecular weight excluding hydrogens is 394 g/mol. The number of rotatable bonds is 5. The summed E-state index contributed by atoms with van der Waals surface area (Å²) in [6, 6.07) is 37.0. The molecule has 0 N–H and O–H groups in total. The van der Waals surface area contributed by atoms with E-state index in [0.717, 1.165) is 33.7 Å². The molecular formula is C29H25NO2. The Balaban J connectivity index is 1.89. The SMILES string of the molecule is COc1ccc2c(c1)CCC(=O)N2C(c1ccccc1)(c1ccccc1)c1ccccc1. The summed E-state index contributed by atoms with van der Waals surface area (Å²) in [7, 11) is 1.68. The molecule has 32 heavy (non-hydrogen) atoms. The third-order valence-corrected chi connectivity index (χ3v) is 6.30. The van der Waals surface area contributed by atoms with E-state index in [1.165, 1.54) is 0 Å². The number of aryl methyl sites for hydroxylation is 1. The zero-order valence-electron chi connectivity index (χ0n) is 18.1. The van der Waals surface area contributed by atoms with Crippen LogP contribution in [0.4, 0.5) is 5.69 Å². The summed E-state index contributed by atoms with van der Waals surface area (Å²) in [5.74, 6) is 0.919. The first-order valence-corrected chi connectivity index (χ1v) is 10.9. The highest BCUT2D eigenvalue weighted by molar-refractivity contribution is 6.00. The molecule has 158 valence electrons. The smallest absolute Gasteiger partial charge is 0.228 e. The van der Waals surface area contributed by atoms with Gasteiger partial charge in [-0.1, -0.05) is 91.0 Å². The molecule has 0 unspecified atom stereocenters. The molecule has 5 rings (SSSR count). The van der Waals surface area contributed by atoms with Crippen molar-refractivity contribution < 1.29 is 9.53 Å². The molecule has 0 spiro atoms. The van der Waals surface area contributed by atoms with Crippen LogP contribution < -0.4 is 9.64 Å². The van der Waals surface area contributed by atoms with E-state index in [-0.39, 0.29) is 5.91 Å². The van der Waals surface area contributed by atoms with Crippen molar-refractivity contribution >= 4 is 11.6 Å². The Morgan fingerprint density at radius 2 is 1.19 bits per heavy atom. The van der Waals surface area contributed by atoms with Gasteiger partial charge in [0, 0.05) is 12.1 Å². The molecule has 0 aromatic heterocycles. The number of benzene rings is 4. The molecule has 0 bridgehead atoms. The van der Waals surface area contributed by atoms with Crippen molar-refractivity contribution in [1.82, 2.24) is 0 Å². The Bertz CT molecular complexity index is 1120. The number of amides is 1. The second-order valence-electron chi connectivity index (χ2n) is 8.03. The second kappa shape index (κ2) is 8.35. The highest BCUT2D eigenvalue weighted by Crippen LogP contribution is 2.47. The number of hydrogen-bond acceptors (Lipinski definition) is 2. The number of hydrogen-bond donors (Lipinski definition) is 0. The fourth-order valence-corrected chi connectivity index (χ4v) is 4.89. The highest BCUT2D eigenvalue weighted by Gasteiger charge is 2.47. The average Bonchev–Trinajstić information content (AvgIpc) is 2.87. The monoisotopic (exact) mass is 419 g/mol. The van der Waals surface area contributed by atoms with Gasteiger partial charge in [0.25, 0.3) is 0 Å². The first-order valence-electron chi connectivity index (χ1n) is 10.9. The van der Waals surface area contributed by atoms with E-state index in [1.54, 1.807) is 7.11 Å². The van der Waals surface area contributed by atoms with Gasteiger partial charge in [-0.15, -0.1) is 0 Å². The van der Waals surface area contributed by atoms with Crippen LogP contribution in [0.1, 0.15) is 28.7 Å². The largest absolute Gasteiger partial charge is 0.497 e. The maximum absolute atomic E-state index is 13.8. The van der Waals surface area contributed by atoms with Crippen LogP contribution in [0.25, 0.3) is 0 Å². The van der Waals surface area contributed by atoms with Crippen molar-refractivity contribution in [1.29, 1.82) is 0 Å². The average molecular weight is 420 g/mol. The number of methoxy groups -OCH3 is 1. The fraction of sp³-hybridized carbons (Fsp3) is 0.138. The van der Waals surface area contributed by atoms with Gasteiger partial charge in [-0.3, -0.25) is 9.69 Å². The van der Waals surface area contributed by atoms with E-state index in [0.29, 0.717) is 12.8 Å². The minimum Gasteiger partial charge on any atom is -0.497 e. The molecule has 1 amide bonds. The number of carbonyl (C=O) groups excluding carboxylic acids is 1. The van der Waals surface area contributed by atoms with Gasteiger partial charge < -0.3 is 4.74 Å². The van der Waals surface area contributed by atoms with Gasteiger partial charge in [0.15, 0.2) is 0 Å². The minimum atomic E-state index is -0.801. The zero-order valence-corrected chi connectivity index (χ0v) is 18.1. The van der Waals surface area contributed by atoms with E-state index < -0.39 is 5.54 Å². The lowest BCUT2D eigenvalue weighted by molar-refractivity contribution is -0.119. The number of fused-ring (bicyclic) bond motifs is 1. The summed E-state index contributed by atoms with van der Waals surface area (Å²) < 4.78 is 5.48. The summed E-state index contributed by atoms with van der Waals surface area (Å²) >= 11 is 0. The lowest BCUT2D eigenvalue weighted by Gasteiger charge is -2.47. The lowest BCUT2D eigenvalue weighted by atomic mass is 9.74. The third-order valence-electron chi connectivity index (χ3n) is 6.30. The number of anilines is 1. The molecule has 4 aromatic carbocycles. The quantitative estimate of drug-likeness (QED) is 0.373. The van der Waals surface area contributed by atoms with Crippen LogP contribution in [-0.2, 0) is 16.8 Å². The van der Waals surface area contributed by atoms with Gasteiger partial charge in [-0.2, -0.15) is 0 Å². The topological polar surface area (TPSA) is 29.5 Å². The van der Waals surface area contributed by atoms with Crippen molar-refractivity contribution in [3.8, 4) is 5.75 Å². The summed E-state index contributed by atoms with van der Waals surface area (Å²) in [6.07, 6.45) is 1.16. The minimum absolute atomic E-state index is 0.110. The molecule has 3 heteroatoms. The van der Waals surface area contributed by atoms with Gasteiger partial charge in [0.2, 0.25) is 5.91 Å². The molecule has 1 heterocycles. The van der Waals surface area contributed by atoms with Gasteiger partial charge in [0.1, 0.15) is 11.3 Å². The second-order valence-corrected chi connectivity index (χ2v) is 8.03. The standard InChI is InChI=1S/C29H25NO2/c1-32-26-18-19-27-22(21-26)17-20-28(31)30(27)29(23-11-5-2-6-12-23,24-13-7-3-8-14-24)25-15-9-4-10-16-25/h2-16,18-19,21H,17,20H2,1H3. The molecule has 0 saturated heterocycles. The summed E-state index contributed by atoms with van der Waals surface area (Å²) in [4.78, 5) is 15.8. The first kappa shape index (κ1) is 20.1. The van der Waals surface area contributed by atoms with Crippen molar-refractivity contribution in [2.24, 2.45) is 0 Å². The van der Waals surface area contributed by atoms with Crippen molar-refractivity contribution in [2.45, 2.75) is 18.4 Å². The van der Waals surface area contributed by atoms with E-state index in [2.05, 4.69) is 42.5 Å². The fourth-order valence-electron chi connectivity index (χ4n) is 4.89. The van der Waals surface area contributed by atoms with Gasteiger partial charge in [-0.25, -0.2) is 0 Å². The Kier molecular flexibility index (Phi) is 5.24. The molecule has 1 aliphatic rings. The van der Waals surface area contributed by atoms with Crippen molar-refractivity contribution in [3.63, 3.8) is 0 Å². The maximum Gasteiger partial charge on any atom is 0.228 e. The molecule has 0 fully saturated rings. The van der Waals surface area contributed by atoms with E-state index >= 15 is 0 Å². The van der Waals surface area contributed by atoms with E-state index in [9.17, 15) is 4.79 Å². The van der Waals surface area contributed by atoms with Crippen molar-refractivity contribution in [3.05, 3.63) is 131 Å². The van der Waals surface area contributed by atoms with Crippen LogP contribution in [0, 0.1) is 0 Å². The Morgan fingerprint density at radius 1 is 0.688 bits per heavy atom. The molecule has 0 aliphatic carbocycles. The third kappa shape index (κ3) is 3.18.